The van der Waals surface area contributed by atoms with Gasteiger partial charge in [0.05, 0.1) is 11.4 Å². The van der Waals surface area contributed by atoms with Gasteiger partial charge in [0.15, 0.2) is 0 Å². The lowest BCUT2D eigenvalue weighted by Gasteiger charge is -2.46. The lowest BCUT2D eigenvalue weighted by molar-refractivity contribution is 0.590. The average Bonchev–Trinajstić information content (AvgIpc) is 3.50. The van der Waals surface area contributed by atoms with Crippen LogP contribution in [-0.2, 0) is 5.41 Å². The van der Waals surface area contributed by atoms with Crippen molar-refractivity contribution in [2.24, 2.45) is 0 Å². The van der Waals surface area contributed by atoms with Gasteiger partial charge >= 0.3 is 0 Å². The maximum Gasteiger partial charge on any atom is 0.252 e. The molecule has 2 aliphatic heterocycles. The fourth-order valence-corrected chi connectivity index (χ4v) is 13.1. The van der Waals surface area contributed by atoms with Crippen molar-refractivity contribution in [2.75, 3.05) is 9.80 Å². The van der Waals surface area contributed by atoms with Gasteiger partial charge in [0.2, 0.25) is 0 Å². The molecule has 0 bridgehead atoms. The maximum absolute atomic E-state index is 2.63. The second-order valence-electron chi connectivity index (χ2n) is 22.3. The van der Waals surface area contributed by atoms with Crippen molar-refractivity contribution in [3.63, 3.8) is 0 Å². The molecule has 15 rings (SSSR count). The fourth-order valence-electron chi connectivity index (χ4n) is 13.1. The van der Waals surface area contributed by atoms with E-state index in [0.717, 1.165) is 11.4 Å². The van der Waals surface area contributed by atoms with Crippen LogP contribution in [0.25, 0.3) is 88.0 Å². The number of fused-ring (bicyclic) bond motifs is 7. The zero-order chi connectivity index (χ0) is 52.8. The van der Waals surface area contributed by atoms with Gasteiger partial charge in [0.1, 0.15) is 0 Å². The van der Waals surface area contributed by atoms with Gasteiger partial charge < -0.3 is 9.80 Å². The Kier molecular flexibility index (Phi) is 10.9. The molecule has 0 aliphatic carbocycles. The zero-order valence-corrected chi connectivity index (χ0v) is 44.5. The van der Waals surface area contributed by atoms with Crippen molar-refractivity contribution < 1.29 is 0 Å². The van der Waals surface area contributed by atoms with E-state index >= 15 is 0 Å². The summed E-state index contributed by atoms with van der Waals surface area (Å²) in [6, 6.07) is 104. The Hall–Kier alpha value is -9.70. The first-order chi connectivity index (χ1) is 38.9. The highest BCUT2D eigenvalue weighted by Gasteiger charge is 2.45. The van der Waals surface area contributed by atoms with E-state index in [2.05, 4.69) is 310 Å². The van der Waals surface area contributed by atoms with Crippen molar-refractivity contribution in [3.05, 3.63) is 285 Å². The molecule has 0 spiro atoms. The summed E-state index contributed by atoms with van der Waals surface area (Å²) in [7, 11) is 0. The first-order valence-corrected chi connectivity index (χ1v) is 27.7. The van der Waals surface area contributed by atoms with E-state index in [9.17, 15) is 0 Å². The molecule has 2 heterocycles. The topological polar surface area (TPSA) is 6.48 Å². The van der Waals surface area contributed by atoms with Crippen LogP contribution in [0.4, 0.5) is 34.1 Å². The Morgan fingerprint density at radius 2 is 0.734 bits per heavy atom. The number of hydrogen-bond acceptors (Lipinski definition) is 2. The second-order valence-corrected chi connectivity index (χ2v) is 22.3. The predicted octanol–water partition coefficient (Wildman–Crippen LogP) is 18.9. The van der Waals surface area contributed by atoms with E-state index in [4.69, 9.17) is 0 Å². The molecule has 13 aromatic rings. The lowest BCUT2D eigenvalue weighted by Crippen LogP contribution is -2.61. The molecule has 79 heavy (non-hydrogen) atoms. The minimum Gasteiger partial charge on any atom is -0.311 e. The van der Waals surface area contributed by atoms with Gasteiger partial charge in [-0.2, -0.15) is 0 Å². The summed E-state index contributed by atoms with van der Waals surface area (Å²) >= 11 is 0. The van der Waals surface area contributed by atoms with Gasteiger partial charge in [0.25, 0.3) is 6.71 Å². The molecule has 0 aromatic heterocycles. The number of hydrogen-bond donors (Lipinski definition) is 0. The summed E-state index contributed by atoms with van der Waals surface area (Å²) < 4.78 is 0. The van der Waals surface area contributed by atoms with Crippen molar-refractivity contribution >= 4 is 89.5 Å². The summed E-state index contributed by atoms with van der Waals surface area (Å²) in [4.78, 5) is 5.22. The van der Waals surface area contributed by atoms with Crippen LogP contribution in [0.5, 0.6) is 0 Å². The van der Waals surface area contributed by atoms with Crippen LogP contribution in [0, 0.1) is 0 Å². The van der Waals surface area contributed by atoms with E-state index in [0.29, 0.717) is 0 Å². The van der Waals surface area contributed by atoms with Gasteiger partial charge in [-0.25, -0.2) is 0 Å². The molecule has 0 saturated heterocycles. The molecule has 0 N–H and O–H groups in total. The Balaban J connectivity index is 1.06. The SMILES string of the molecule is CC(C)(C)c1cc2c3c(c1)N(c1ccccc1-c1ccccc1)c1cc(-c4c5ccccc5c(-c5cccc6ccccc56)c5ccccc45)ccc1B3c1cc(-c3ccccc3)ccc1N2c1ccccc1-c1ccccc1. The predicted molar refractivity (Wildman–Crippen MR) is 339 cm³/mol. The highest BCUT2D eigenvalue weighted by molar-refractivity contribution is 7.00. The van der Waals surface area contributed by atoms with Crippen LogP contribution in [0.15, 0.2) is 279 Å². The second kappa shape index (κ2) is 18.5. The van der Waals surface area contributed by atoms with Crippen molar-refractivity contribution in [3.8, 4) is 55.6 Å². The lowest BCUT2D eigenvalue weighted by atomic mass is 9.33. The normalized spacial score (nSPS) is 12.7. The molecule has 0 unspecified atom stereocenters. The van der Waals surface area contributed by atoms with Crippen molar-refractivity contribution in [2.45, 2.75) is 26.2 Å². The smallest absolute Gasteiger partial charge is 0.252 e. The molecule has 0 radical (unpaired) electrons. The molecule has 0 fully saturated rings. The minimum atomic E-state index is -0.195. The summed E-state index contributed by atoms with van der Waals surface area (Å²) in [5.74, 6) is 0. The number of nitrogens with zero attached hydrogens (tertiary/aromatic N) is 2. The molecular weight excluding hydrogens is 952 g/mol. The number of anilines is 6. The summed E-state index contributed by atoms with van der Waals surface area (Å²) in [5.41, 5.74) is 24.0. The van der Waals surface area contributed by atoms with E-state index < -0.39 is 0 Å². The van der Waals surface area contributed by atoms with Crippen LogP contribution < -0.4 is 26.2 Å². The van der Waals surface area contributed by atoms with Crippen LogP contribution in [0.1, 0.15) is 26.3 Å². The van der Waals surface area contributed by atoms with Gasteiger partial charge in [0, 0.05) is 33.9 Å². The van der Waals surface area contributed by atoms with Crippen LogP contribution in [0.3, 0.4) is 0 Å². The van der Waals surface area contributed by atoms with Crippen LogP contribution in [0.2, 0.25) is 0 Å². The van der Waals surface area contributed by atoms with Crippen LogP contribution in [-0.4, -0.2) is 6.71 Å². The first-order valence-electron chi connectivity index (χ1n) is 27.7. The summed E-state index contributed by atoms with van der Waals surface area (Å²) in [6.07, 6.45) is 0. The maximum atomic E-state index is 2.63. The summed E-state index contributed by atoms with van der Waals surface area (Å²) in [6.45, 7) is 6.97. The monoisotopic (exact) mass is 1010 g/mol. The third-order valence-corrected chi connectivity index (χ3v) is 16.8. The Morgan fingerprint density at radius 1 is 0.278 bits per heavy atom. The zero-order valence-electron chi connectivity index (χ0n) is 44.5. The molecule has 3 heteroatoms. The molecular formula is C76H55BN2. The molecule has 13 aromatic carbocycles. The number of benzene rings is 13. The van der Waals surface area contributed by atoms with Crippen molar-refractivity contribution in [1.29, 1.82) is 0 Å². The van der Waals surface area contributed by atoms with Crippen LogP contribution >= 0.6 is 0 Å². The van der Waals surface area contributed by atoms with Gasteiger partial charge in [-0.05, 0) is 141 Å². The first kappa shape index (κ1) is 46.6. The summed E-state index contributed by atoms with van der Waals surface area (Å²) in [5, 5.41) is 7.45. The molecule has 0 atom stereocenters. The van der Waals surface area contributed by atoms with E-state index in [1.54, 1.807) is 0 Å². The van der Waals surface area contributed by atoms with Gasteiger partial charge in [-0.15, -0.1) is 0 Å². The Morgan fingerprint density at radius 3 is 1.32 bits per heavy atom. The third kappa shape index (κ3) is 7.56. The largest absolute Gasteiger partial charge is 0.311 e. The van der Waals surface area contributed by atoms with Gasteiger partial charge in [-0.1, -0.05) is 263 Å². The molecule has 372 valence electrons. The van der Waals surface area contributed by atoms with E-state index in [-0.39, 0.29) is 12.1 Å². The molecule has 2 nitrogen and oxygen atoms in total. The Bertz CT molecular complexity index is 4480. The fraction of sp³-hybridized carbons (Fsp3) is 0.0526. The molecule has 2 aliphatic rings. The molecule has 0 saturated carbocycles. The quantitative estimate of drug-likeness (QED) is 0.116. The Labute approximate surface area is 463 Å². The molecule has 0 amide bonds. The highest BCUT2D eigenvalue weighted by atomic mass is 15.2. The van der Waals surface area contributed by atoms with Gasteiger partial charge in [-0.3, -0.25) is 0 Å². The average molecular weight is 1010 g/mol. The van der Waals surface area contributed by atoms with E-state index in [1.807, 2.05) is 0 Å². The van der Waals surface area contributed by atoms with Crippen molar-refractivity contribution in [1.82, 2.24) is 0 Å². The number of para-hydroxylation sites is 2. The highest BCUT2D eigenvalue weighted by Crippen LogP contribution is 2.52. The third-order valence-electron chi connectivity index (χ3n) is 16.8. The van der Waals surface area contributed by atoms with E-state index in [1.165, 1.54) is 133 Å². The standard InChI is InChI=1S/C76H55BN2/c1-76(2,3)56-48-71-75-72(49-56)79(68-41-22-20-34-59(68)53-28-11-6-12-29-53)70-47-55(73-61-35-15-17-37-63(61)74(64-38-18-16-36-62(64)73)60-39-23-31-51-30-13-14-32-57(51)60)42-44-65(70)77(75)66-46-54(50-24-7-4-8-25-50)43-45-69(66)78(71)67-40-21-19-33-58(67)52-26-9-5-10-27-52/h4-49H,1-3H3. The number of rotatable bonds is 7. The minimum absolute atomic E-state index is 0.107.